The molecule has 2 saturated heterocycles. The Morgan fingerprint density at radius 3 is 2.72 bits per heavy atom. The molecule has 0 aromatic carbocycles. The first-order valence-corrected chi connectivity index (χ1v) is 11.7. The lowest BCUT2D eigenvalue weighted by molar-refractivity contribution is 0.0842. The molecule has 0 unspecified atom stereocenters. The minimum Gasteiger partial charge on any atom is -0.376 e. The van der Waals surface area contributed by atoms with E-state index in [4.69, 9.17) is 17.0 Å². The topological polar surface area (TPSA) is 55.2 Å². The lowest BCUT2D eigenvalue weighted by Crippen LogP contribution is -2.36. The number of hydrogen-bond donors (Lipinski definition) is 1. The van der Waals surface area contributed by atoms with Crippen LogP contribution in [-0.4, -0.2) is 43.8 Å². The zero-order valence-corrected chi connectivity index (χ0v) is 19.6. The van der Waals surface area contributed by atoms with Crippen LogP contribution in [0.5, 0.6) is 0 Å². The van der Waals surface area contributed by atoms with E-state index in [1.54, 1.807) is 0 Å². The summed E-state index contributed by atoms with van der Waals surface area (Å²) in [4.78, 5) is 11.6. The second-order valence-electron chi connectivity index (χ2n) is 8.77. The van der Waals surface area contributed by atoms with Crippen molar-refractivity contribution in [1.29, 1.82) is 0 Å². The molecule has 0 aliphatic carbocycles. The van der Waals surface area contributed by atoms with Gasteiger partial charge in [0.2, 0.25) is 0 Å². The van der Waals surface area contributed by atoms with Gasteiger partial charge in [-0.05, 0) is 87.3 Å². The summed E-state index contributed by atoms with van der Waals surface area (Å²) in [6.07, 6.45) is 6.12. The number of aryl methyl sites for hydroxylation is 2. The summed E-state index contributed by atoms with van der Waals surface area (Å²) < 4.78 is 8.21. The molecule has 0 saturated carbocycles. The summed E-state index contributed by atoms with van der Waals surface area (Å²) >= 11 is 5.84. The van der Waals surface area contributed by atoms with Gasteiger partial charge in [0.25, 0.3) is 0 Å². The third kappa shape index (κ3) is 3.80. The second-order valence-corrected chi connectivity index (χ2v) is 9.15. The summed E-state index contributed by atoms with van der Waals surface area (Å²) in [5.74, 6) is 0.944. The van der Waals surface area contributed by atoms with Crippen molar-refractivity contribution < 1.29 is 4.74 Å². The molecule has 2 aliphatic rings. The van der Waals surface area contributed by atoms with Gasteiger partial charge in [0, 0.05) is 36.9 Å². The normalized spacial score (nSPS) is 23.0. The van der Waals surface area contributed by atoms with Gasteiger partial charge in [-0.3, -0.25) is 4.98 Å². The highest BCUT2D eigenvalue weighted by Gasteiger charge is 2.42. The summed E-state index contributed by atoms with van der Waals surface area (Å²) in [6.45, 7) is 8.03. The number of thiocarbonyl (C=S) groups is 1. The number of nitrogens with zero attached hydrogens (tertiary/aromatic N) is 4. The van der Waals surface area contributed by atoms with Gasteiger partial charge in [0.1, 0.15) is 5.82 Å². The van der Waals surface area contributed by atoms with E-state index in [1.807, 2.05) is 30.6 Å². The Balaban J connectivity index is 1.59. The lowest BCUT2D eigenvalue weighted by Gasteiger charge is -2.30. The Hall–Kier alpha value is -2.77. The Labute approximate surface area is 194 Å². The monoisotopic (exact) mass is 447 g/mol. The number of aromatic nitrogens is 3. The van der Waals surface area contributed by atoms with Crippen molar-refractivity contribution in [3.63, 3.8) is 0 Å². The average Bonchev–Trinajstić information content (AvgIpc) is 3.48. The van der Waals surface area contributed by atoms with Crippen molar-refractivity contribution in [2.24, 2.45) is 0 Å². The van der Waals surface area contributed by atoms with Crippen LogP contribution in [0.2, 0.25) is 0 Å². The van der Waals surface area contributed by atoms with E-state index in [2.05, 4.69) is 63.7 Å². The number of hydrogen-bond acceptors (Lipinski definition) is 4. The van der Waals surface area contributed by atoms with Crippen LogP contribution >= 0.6 is 12.2 Å². The average molecular weight is 448 g/mol. The van der Waals surface area contributed by atoms with E-state index >= 15 is 0 Å². The molecule has 5 rings (SSSR count). The molecule has 32 heavy (non-hydrogen) atoms. The molecule has 0 bridgehead atoms. The molecule has 0 amide bonds. The molecule has 6 nitrogen and oxygen atoms in total. The molecule has 0 radical (unpaired) electrons. The van der Waals surface area contributed by atoms with Crippen LogP contribution in [-0.2, 0) is 4.74 Å². The fourth-order valence-corrected chi connectivity index (χ4v) is 5.35. The Morgan fingerprint density at radius 2 is 2.00 bits per heavy atom. The molecule has 3 aromatic rings. The van der Waals surface area contributed by atoms with Gasteiger partial charge in [-0.1, -0.05) is 6.07 Å². The van der Waals surface area contributed by atoms with E-state index in [0.29, 0.717) is 0 Å². The second kappa shape index (κ2) is 8.64. The standard InChI is InChI=1S/C25H29N5OS/c1-16-9-11-27-22(13-16)30-17(2)14-20(18(30)3)24-23(21-8-4-5-10-26-21)28-25(32)29(24)15-19-7-6-12-31-19/h4-5,8-11,13-14,19,23-24H,6-7,12,15H2,1-3H3,(H,28,32)/t19-,23-,24+/m0/s1. The number of nitrogens with one attached hydrogen (secondary N) is 1. The smallest absolute Gasteiger partial charge is 0.170 e. The summed E-state index contributed by atoms with van der Waals surface area (Å²) in [6, 6.07) is 12.5. The first-order chi connectivity index (χ1) is 15.5. The number of ether oxygens (including phenoxy) is 1. The van der Waals surface area contributed by atoms with Gasteiger partial charge in [0.05, 0.1) is 23.9 Å². The van der Waals surface area contributed by atoms with Crippen LogP contribution in [0.4, 0.5) is 0 Å². The Bertz CT molecular complexity index is 1120. The molecule has 5 heterocycles. The SMILES string of the molecule is Cc1ccnc(-n2c(C)cc([C@@H]3[C@H](c4ccccn4)NC(=S)N3C[C@@H]3CCCO3)c2C)c1. The molecule has 3 atom stereocenters. The van der Waals surface area contributed by atoms with E-state index in [0.717, 1.165) is 48.3 Å². The molecule has 2 aliphatic heterocycles. The van der Waals surface area contributed by atoms with E-state index < -0.39 is 0 Å². The van der Waals surface area contributed by atoms with Gasteiger partial charge in [-0.2, -0.15) is 0 Å². The minimum atomic E-state index is -0.0236. The van der Waals surface area contributed by atoms with Crippen LogP contribution in [0.15, 0.2) is 48.8 Å². The zero-order valence-electron chi connectivity index (χ0n) is 18.8. The van der Waals surface area contributed by atoms with Gasteiger partial charge in [-0.25, -0.2) is 4.98 Å². The van der Waals surface area contributed by atoms with Crippen molar-refractivity contribution >= 4 is 17.3 Å². The van der Waals surface area contributed by atoms with Crippen molar-refractivity contribution in [2.75, 3.05) is 13.2 Å². The summed E-state index contributed by atoms with van der Waals surface area (Å²) in [5.41, 5.74) is 5.76. The minimum absolute atomic E-state index is 0.0236. The van der Waals surface area contributed by atoms with Gasteiger partial charge < -0.3 is 19.5 Å². The maximum absolute atomic E-state index is 5.97. The zero-order chi connectivity index (χ0) is 22.2. The molecular weight excluding hydrogens is 418 g/mol. The van der Waals surface area contributed by atoms with Gasteiger partial charge >= 0.3 is 0 Å². The van der Waals surface area contributed by atoms with E-state index in [9.17, 15) is 0 Å². The Morgan fingerprint density at radius 1 is 1.12 bits per heavy atom. The first-order valence-electron chi connectivity index (χ1n) is 11.2. The van der Waals surface area contributed by atoms with Crippen molar-refractivity contribution in [3.8, 4) is 5.82 Å². The highest BCUT2D eigenvalue weighted by molar-refractivity contribution is 7.80. The Kier molecular flexibility index (Phi) is 5.69. The van der Waals surface area contributed by atoms with Crippen LogP contribution < -0.4 is 5.32 Å². The third-order valence-electron chi connectivity index (χ3n) is 6.54. The largest absolute Gasteiger partial charge is 0.376 e. The van der Waals surface area contributed by atoms with Crippen LogP contribution in [0.1, 0.15) is 53.1 Å². The van der Waals surface area contributed by atoms with Crippen molar-refractivity contribution in [3.05, 3.63) is 77.0 Å². The van der Waals surface area contributed by atoms with Gasteiger partial charge in [0.15, 0.2) is 5.11 Å². The lowest BCUT2D eigenvalue weighted by atomic mass is 9.96. The van der Waals surface area contributed by atoms with Crippen molar-refractivity contribution in [2.45, 2.75) is 51.8 Å². The maximum Gasteiger partial charge on any atom is 0.170 e. The number of rotatable bonds is 5. The van der Waals surface area contributed by atoms with Crippen LogP contribution in [0.3, 0.4) is 0 Å². The fraction of sp³-hybridized carbons (Fsp3) is 0.400. The summed E-state index contributed by atoms with van der Waals surface area (Å²) in [7, 11) is 0. The quantitative estimate of drug-likeness (QED) is 0.587. The molecule has 3 aromatic heterocycles. The van der Waals surface area contributed by atoms with Crippen LogP contribution in [0, 0.1) is 20.8 Å². The predicted molar refractivity (Wildman–Crippen MR) is 129 cm³/mol. The maximum atomic E-state index is 5.97. The molecule has 166 valence electrons. The molecular formula is C25H29N5OS. The van der Waals surface area contributed by atoms with Gasteiger partial charge in [-0.15, -0.1) is 0 Å². The molecule has 7 heteroatoms. The molecule has 1 N–H and O–H groups in total. The summed E-state index contributed by atoms with van der Waals surface area (Å²) in [5, 5.41) is 4.33. The highest BCUT2D eigenvalue weighted by atomic mass is 32.1. The van der Waals surface area contributed by atoms with E-state index in [-0.39, 0.29) is 18.2 Å². The fourth-order valence-electron chi connectivity index (χ4n) is 5.03. The predicted octanol–water partition coefficient (Wildman–Crippen LogP) is 4.34. The third-order valence-corrected chi connectivity index (χ3v) is 6.89. The number of pyridine rings is 2. The highest BCUT2D eigenvalue weighted by Crippen LogP contribution is 2.41. The first kappa shape index (κ1) is 21.1. The van der Waals surface area contributed by atoms with Crippen LogP contribution in [0.25, 0.3) is 5.82 Å². The van der Waals surface area contributed by atoms with Crippen molar-refractivity contribution in [1.82, 2.24) is 24.8 Å². The van der Waals surface area contributed by atoms with E-state index in [1.165, 1.54) is 16.8 Å². The molecule has 0 spiro atoms. The molecule has 2 fully saturated rings.